The number of fused-ring (bicyclic) bond motifs is 1. The molecular formula is C24H16F4N2O6S. The van der Waals surface area contributed by atoms with Crippen LogP contribution in [0.5, 0.6) is 11.5 Å². The Bertz CT molecular complexity index is 1710. The number of aromatic carboxylic acids is 1. The minimum absolute atomic E-state index is 0.0434. The van der Waals surface area contributed by atoms with Crippen LogP contribution in [0.15, 0.2) is 39.2 Å². The fourth-order valence-electron chi connectivity index (χ4n) is 4.42. The van der Waals surface area contributed by atoms with Gasteiger partial charge in [0, 0.05) is 17.5 Å². The van der Waals surface area contributed by atoms with Crippen LogP contribution in [-0.4, -0.2) is 27.7 Å². The van der Waals surface area contributed by atoms with Gasteiger partial charge < -0.3 is 19.6 Å². The lowest BCUT2D eigenvalue weighted by Crippen LogP contribution is -2.42. The average Bonchev–Trinajstić information content (AvgIpc) is 3.25. The molecule has 0 amide bonds. The van der Waals surface area contributed by atoms with E-state index in [0.717, 1.165) is 12.1 Å². The maximum atomic E-state index is 14.9. The van der Waals surface area contributed by atoms with E-state index in [1.54, 1.807) is 0 Å². The number of benzene rings is 2. The first-order valence-electron chi connectivity index (χ1n) is 10.8. The zero-order valence-electron chi connectivity index (χ0n) is 18.9. The van der Waals surface area contributed by atoms with Gasteiger partial charge in [0.2, 0.25) is 0 Å². The molecule has 4 aromatic rings. The molecule has 13 heteroatoms. The van der Waals surface area contributed by atoms with E-state index in [-0.39, 0.29) is 39.9 Å². The fourth-order valence-corrected chi connectivity index (χ4v) is 5.25. The number of aromatic amines is 1. The maximum Gasteiger partial charge on any atom is 0.346 e. The third-order valence-corrected chi connectivity index (χ3v) is 7.26. The van der Waals surface area contributed by atoms with Crippen LogP contribution in [-0.2, 0) is 5.60 Å². The highest BCUT2D eigenvalue weighted by Gasteiger charge is 2.47. The summed E-state index contributed by atoms with van der Waals surface area (Å²) in [5.41, 5.74) is -4.90. The summed E-state index contributed by atoms with van der Waals surface area (Å²) in [6.07, 6.45) is 0.791. The topological polar surface area (TPSA) is 111 Å². The minimum Gasteiger partial charge on any atom is -0.496 e. The molecule has 1 saturated carbocycles. The number of nitrogens with zero attached hydrogens (tertiary/aromatic N) is 1. The van der Waals surface area contributed by atoms with Crippen molar-refractivity contribution in [2.24, 2.45) is 0 Å². The van der Waals surface area contributed by atoms with Crippen molar-refractivity contribution in [3.63, 3.8) is 0 Å². The lowest BCUT2D eigenvalue weighted by Gasteiger charge is -2.43. The first-order valence-corrected chi connectivity index (χ1v) is 11.7. The number of hydrogen-bond acceptors (Lipinski definition) is 6. The van der Waals surface area contributed by atoms with Gasteiger partial charge >= 0.3 is 11.7 Å². The Morgan fingerprint density at radius 2 is 1.81 bits per heavy atom. The van der Waals surface area contributed by atoms with E-state index in [4.69, 9.17) is 9.47 Å². The molecule has 0 bridgehead atoms. The maximum absolute atomic E-state index is 14.9. The van der Waals surface area contributed by atoms with Gasteiger partial charge in [-0.15, -0.1) is 11.3 Å². The van der Waals surface area contributed by atoms with Gasteiger partial charge in [0.15, 0.2) is 29.0 Å². The molecular weight excluding hydrogens is 520 g/mol. The van der Waals surface area contributed by atoms with Gasteiger partial charge in [-0.25, -0.2) is 31.7 Å². The summed E-state index contributed by atoms with van der Waals surface area (Å²) in [6.45, 7) is 0. The van der Waals surface area contributed by atoms with E-state index in [0.29, 0.717) is 28.4 Å². The van der Waals surface area contributed by atoms with Crippen LogP contribution < -0.4 is 20.7 Å². The molecule has 0 atom stereocenters. The molecule has 37 heavy (non-hydrogen) atoms. The van der Waals surface area contributed by atoms with E-state index < -0.39 is 57.5 Å². The Morgan fingerprint density at radius 1 is 1.08 bits per heavy atom. The Hall–Kier alpha value is -4.13. The normalized spacial score (nSPS) is 14.4. The number of halogens is 4. The number of ether oxygens (including phenoxy) is 2. The van der Waals surface area contributed by atoms with Crippen LogP contribution in [0.1, 0.15) is 34.5 Å². The fraction of sp³-hybridized carbons (Fsp3) is 0.208. The average molecular weight is 536 g/mol. The Labute approximate surface area is 208 Å². The van der Waals surface area contributed by atoms with E-state index in [1.807, 2.05) is 0 Å². The first-order chi connectivity index (χ1) is 17.6. The number of thiophene rings is 1. The molecule has 0 aliphatic heterocycles. The molecule has 5 rings (SSSR count). The summed E-state index contributed by atoms with van der Waals surface area (Å²) in [4.78, 5) is 39.2. The highest BCUT2D eigenvalue weighted by molar-refractivity contribution is 7.13. The molecule has 0 saturated heterocycles. The standard InChI is InChI=1S/C24H16F4N2O6S/c1-35-15-4-3-10(25)19(28)18(15)24(5-2-6-24)36-16-8-14(11(26)7-12(16)27)30-21(31)17-13(29-23(30)34)9-37-20(17)22(32)33/h3-4,7-9H,2,5-6H2,1H3,(H,29,34)(H,32,33). The summed E-state index contributed by atoms with van der Waals surface area (Å²) in [7, 11) is 1.24. The van der Waals surface area contributed by atoms with Gasteiger partial charge in [-0.3, -0.25) is 4.79 Å². The van der Waals surface area contributed by atoms with Crippen LogP contribution in [0, 0.1) is 23.3 Å². The molecule has 2 aromatic heterocycles. The summed E-state index contributed by atoms with van der Waals surface area (Å²) in [5.74, 6) is -7.09. The second-order valence-corrected chi connectivity index (χ2v) is 9.23. The molecule has 2 N–H and O–H groups in total. The van der Waals surface area contributed by atoms with E-state index in [2.05, 4.69) is 4.98 Å². The van der Waals surface area contributed by atoms with Crippen molar-refractivity contribution in [2.75, 3.05) is 7.11 Å². The monoisotopic (exact) mass is 536 g/mol. The van der Waals surface area contributed by atoms with Gasteiger partial charge in [0.1, 0.15) is 16.2 Å². The Kier molecular flexibility index (Phi) is 5.82. The van der Waals surface area contributed by atoms with Crippen molar-refractivity contribution >= 4 is 28.2 Å². The number of H-pyrrole nitrogens is 1. The number of carboxylic acids is 1. The zero-order chi connectivity index (χ0) is 26.6. The molecule has 2 aromatic carbocycles. The molecule has 0 radical (unpaired) electrons. The summed E-state index contributed by atoms with van der Waals surface area (Å²) < 4.78 is 70.0. The van der Waals surface area contributed by atoms with Crippen LogP contribution in [0.4, 0.5) is 17.6 Å². The smallest absolute Gasteiger partial charge is 0.346 e. The molecule has 1 aliphatic carbocycles. The van der Waals surface area contributed by atoms with Crippen LogP contribution in [0.25, 0.3) is 16.6 Å². The number of rotatable bonds is 6. The van der Waals surface area contributed by atoms with Crippen molar-refractivity contribution in [3.8, 4) is 17.2 Å². The van der Waals surface area contributed by atoms with Crippen LogP contribution in [0.2, 0.25) is 0 Å². The van der Waals surface area contributed by atoms with Gasteiger partial charge in [-0.05, 0) is 31.4 Å². The van der Waals surface area contributed by atoms with Crippen LogP contribution in [0.3, 0.4) is 0 Å². The molecule has 1 aliphatic rings. The number of nitrogens with one attached hydrogen (secondary N) is 1. The Morgan fingerprint density at radius 3 is 2.43 bits per heavy atom. The molecule has 192 valence electrons. The number of aromatic nitrogens is 2. The SMILES string of the molecule is COc1ccc(F)c(F)c1C1(Oc2cc(-n3c(=O)[nH]c4csc(C(=O)O)c4c3=O)c(F)cc2F)CCC1. The van der Waals surface area contributed by atoms with Crippen molar-refractivity contribution in [2.45, 2.75) is 24.9 Å². The molecule has 1 fully saturated rings. The third-order valence-electron chi connectivity index (χ3n) is 6.29. The van der Waals surface area contributed by atoms with Crippen molar-refractivity contribution in [1.29, 1.82) is 0 Å². The number of methoxy groups -OCH3 is 1. The van der Waals surface area contributed by atoms with E-state index >= 15 is 0 Å². The highest BCUT2D eigenvalue weighted by Crippen LogP contribution is 2.50. The van der Waals surface area contributed by atoms with Crippen molar-refractivity contribution in [3.05, 3.63) is 84.2 Å². The third kappa shape index (κ3) is 3.77. The van der Waals surface area contributed by atoms with Crippen molar-refractivity contribution < 1.29 is 36.9 Å². The highest BCUT2D eigenvalue weighted by atomic mass is 32.1. The number of carboxylic acid groups (broad SMARTS) is 1. The molecule has 8 nitrogen and oxygen atoms in total. The zero-order valence-corrected chi connectivity index (χ0v) is 19.7. The number of hydrogen-bond donors (Lipinski definition) is 2. The van der Waals surface area contributed by atoms with Gasteiger partial charge in [-0.2, -0.15) is 0 Å². The molecule has 0 spiro atoms. The van der Waals surface area contributed by atoms with E-state index in [1.165, 1.54) is 18.6 Å². The van der Waals surface area contributed by atoms with Crippen LogP contribution >= 0.6 is 11.3 Å². The first kappa shape index (κ1) is 24.6. The predicted octanol–water partition coefficient (Wildman–Crippen LogP) is 4.46. The summed E-state index contributed by atoms with van der Waals surface area (Å²) >= 11 is 0.690. The summed E-state index contributed by atoms with van der Waals surface area (Å²) in [5, 5.41) is 10.3. The number of carbonyl (C=O) groups is 1. The lowest BCUT2D eigenvalue weighted by atomic mass is 9.74. The van der Waals surface area contributed by atoms with Gasteiger partial charge in [0.05, 0.1) is 29.3 Å². The summed E-state index contributed by atoms with van der Waals surface area (Å²) in [6, 6.07) is 3.17. The molecule has 0 unspecified atom stereocenters. The molecule has 2 heterocycles. The van der Waals surface area contributed by atoms with Gasteiger partial charge in [-0.1, -0.05) is 0 Å². The Balaban J connectivity index is 1.69. The second kappa shape index (κ2) is 8.76. The van der Waals surface area contributed by atoms with Gasteiger partial charge in [0.25, 0.3) is 5.56 Å². The minimum atomic E-state index is -1.57. The predicted molar refractivity (Wildman–Crippen MR) is 124 cm³/mol. The van der Waals surface area contributed by atoms with E-state index in [9.17, 15) is 37.1 Å². The second-order valence-electron chi connectivity index (χ2n) is 8.35. The van der Waals surface area contributed by atoms with Crippen molar-refractivity contribution in [1.82, 2.24) is 9.55 Å². The quantitative estimate of drug-likeness (QED) is 0.352. The lowest BCUT2D eigenvalue weighted by molar-refractivity contribution is -0.0208. The largest absolute Gasteiger partial charge is 0.496 e.